The number of carbonyl (C=O) groups is 3. The zero-order valence-corrected chi connectivity index (χ0v) is 18.6. The van der Waals surface area contributed by atoms with Crippen molar-refractivity contribution in [1.82, 2.24) is 20.0 Å². The molecule has 3 heterocycles. The number of hydrogen-bond acceptors (Lipinski definition) is 9. The van der Waals surface area contributed by atoms with Crippen LogP contribution in [0.15, 0.2) is 48.9 Å². The zero-order valence-electron chi connectivity index (χ0n) is 18.6. The van der Waals surface area contributed by atoms with Crippen molar-refractivity contribution in [2.45, 2.75) is 12.3 Å². The maximum absolute atomic E-state index is 14.8. The second-order valence-electron chi connectivity index (χ2n) is 7.19. The summed E-state index contributed by atoms with van der Waals surface area (Å²) in [4.78, 5) is 39.0. The van der Waals surface area contributed by atoms with E-state index in [4.69, 9.17) is 25.1 Å². The van der Waals surface area contributed by atoms with Crippen LogP contribution in [0.4, 0.5) is 28.0 Å². The summed E-state index contributed by atoms with van der Waals surface area (Å²) in [7, 11) is 0. The van der Waals surface area contributed by atoms with Gasteiger partial charge in [0.1, 0.15) is 12.4 Å². The van der Waals surface area contributed by atoms with Gasteiger partial charge in [0.2, 0.25) is 0 Å². The van der Waals surface area contributed by atoms with E-state index < -0.39 is 36.1 Å². The van der Waals surface area contributed by atoms with Crippen molar-refractivity contribution in [3.8, 4) is 16.9 Å². The van der Waals surface area contributed by atoms with Crippen LogP contribution in [0.5, 0.6) is 0 Å². The second-order valence-corrected chi connectivity index (χ2v) is 7.19. The zero-order chi connectivity index (χ0) is 27.2. The number of hydrogen-bond donors (Lipinski definition) is 2. The van der Waals surface area contributed by atoms with Crippen LogP contribution in [0, 0.1) is 5.82 Å². The summed E-state index contributed by atoms with van der Waals surface area (Å²) in [6.45, 7) is -0.240. The molecule has 2 aromatic heterocycles. The first-order valence-corrected chi connectivity index (χ1v) is 10.3. The first-order valence-electron chi connectivity index (χ1n) is 10.3. The molecule has 0 aliphatic carbocycles. The molecule has 3 aromatic rings. The lowest BCUT2D eigenvalue weighted by Gasteiger charge is -2.14. The van der Waals surface area contributed by atoms with Gasteiger partial charge < -0.3 is 20.3 Å². The van der Waals surface area contributed by atoms with Gasteiger partial charge in [-0.25, -0.2) is 19.0 Å². The summed E-state index contributed by atoms with van der Waals surface area (Å²) in [6, 6.07) is 7.79. The Bertz CT molecular complexity index is 1250. The van der Waals surface area contributed by atoms with Crippen LogP contribution in [0.2, 0.25) is 0 Å². The number of halogens is 4. The number of aliphatic carboxylic acids is 1. The normalized spacial score (nSPS) is 15.0. The molecule has 1 fully saturated rings. The molecule has 0 spiro atoms. The molecular weight excluding hydrogens is 508 g/mol. The Labute approximate surface area is 205 Å². The Morgan fingerprint density at radius 1 is 1.19 bits per heavy atom. The lowest BCUT2D eigenvalue weighted by Crippen LogP contribution is -2.28. The van der Waals surface area contributed by atoms with E-state index >= 15 is 0 Å². The molecule has 3 N–H and O–H groups in total. The third-order valence-corrected chi connectivity index (χ3v) is 4.66. The number of amides is 1. The molecule has 0 unspecified atom stereocenters. The highest BCUT2D eigenvalue weighted by molar-refractivity contribution is 5.90. The first kappa shape index (κ1) is 27.0. The number of benzene rings is 1. The Hall–Kier alpha value is -4.60. The van der Waals surface area contributed by atoms with E-state index in [0.717, 1.165) is 0 Å². The molecule has 0 saturated carbocycles. The number of ether oxygens (including phenoxy) is 2. The van der Waals surface area contributed by atoms with Crippen molar-refractivity contribution in [1.29, 1.82) is 0 Å². The fraction of sp³-hybridized carbons (Fsp3) is 0.238. The van der Waals surface area contributed by atoms with E-state index in [-0.39, 0.29) is 19.7 Å². The number of rotatable bonds is 6. The minimum absolute atomic E-state index is 0.109. The van der Waals surface area contributed by atoms with Gasteiger partial charge in [-0.1, -0.05) is 0 Å². The van der Waals surface area contributed by atoms with Crippen LogP contribution in [0.1, 0.15) is 0 Å². The van der Waals surface area contributed by atoms with Gasteiger partial charge in [-0.2, -0.15) is 23.4 Å². The number of esters is 1. The quantitative estimate of drug-likeness (QED) is 0.358. The van der Waals surface area contributed by atoms with Crippen LogP contribution in [0.25, 0.3) is 16.9 Å². The van der Waals surface area contributed by atoms with Gasteiger partial charge in [0.15, 0.2) is 11.9 Å². The van der Waals surface area contributed by atoms with E-state index in [1.54, 1.807) is 24.3 Å². The predicted octanol–water partition coefficient (Wildman–Crippen LogP) is 1.93. The van der Waals surface area contributed by atoms with Crippen LogP contribution in [-0.4, -0.2) is 75.1 Å². The number of nitrogens with two attached hydrogens (primary N) is 1. The summed E-state index contributed by atoms with van der Waals surface area (Å²) in [5.41, 5.74) is 6.39. The average Bonchev–Trinajstić information content (AvgIpc) is 3.52. The maximum Gasteiger partial charge on any atom is 0.490 e. The third-order valence-electron chi connectivity index (χ3n) is 4.66. The van der Waals surface area contributed by atoms with Crippen molar-refractivity contribution in [3.63, 3.8) is 0 Å². The maximum atomic E-state index is 14.8. The van der Waals surface area contributed by atoms with Gasteiger partial charge in [-0.05, 0) is 30.3 Å². The lowest BCUT2D eigenvalue weighted by atomic mass is 10.1. The summed E-state index contributed by atoms with van der Waals surface area (Å²) in [6.07, 6.45) is -1.80. The van der Waals surface area contributed by atoms with Crippen molar-refractivity contribution in [2.75, 3.05) is 24.6 Å². The van der Waals surface area contributed by atoms with E-state index in [1.165, 1.54) is 34.4 Å². The first-order chi connectivity index (χ1) is 17.5. The van der Waals surface area contributed by atoms with Crippen LogP contribution < -0.4 is 10.6 Å². The number of carboxylic acids is 1. The molecule has 0 radical (unpaired) electrons. The SMILES string of the molecule is NCC(=O)OC[C@H]1CN(c2ccc(-c3ccc(-n4nccn4)nc3)c(F)c2)C(=O)O1.O=C(O)C(F)(F)F. The summed E-state index contributed by atoms with van der Waals surface area (Å²) in [5.74, 6) is -3.37. The van der Waals surface area contributed by atoms with Crippen molar-refractivity contribution < 1.29 is 46.5 Å². The smallest absolute Gasteiger partial charge is 0.475 e. The number of anilines is 1. The van der Waals surface area contributed by atoms with E-state index in [1.807, 2.05) is 0 Å². The Morgan fingerprint density at radius 2 is 1.86 bits per heavy atom. The molecule has 196 valence electrons. The highest BCUT2D eigenvalue weighted by atomic mass is 19.4. The fourth-order valence-corrected chi connectivity index (χ4v) is 2.97. The van der Waals surface area contributed by atoms with Gasteiger partial charge in [0.25, 0.3) is 0 Å². The molecule has 0 bridgehead atoms. The van der Waals surface area contributed by atoms with Crippen molar-refractivity contribution in [3.05, 3.63) is 54.7 Å². The molecule has 1 aliphatic heterocycles. The molecule has 1 aromatic carbocycles. The Morgan fingerprint density at radius 3 is 2.41 bits per heavy atom. The highest BCUT2D eigenvalue weighted by Crippen LogP contribution is 2.29. The Balaban J connectivity index is 0.000000479. The summed E-state index contributed by atoms with van der Waals surface area (Å²) < 4.78 is 56.5. The summed E-state index contributed by atoms with van der Waals surface area (Å²) in [5, 5.41) is 15.1. The van der Waals surface area contributed by atoms with Gasteiger partial charge in [0.05, 0.1) is 31.2 Å². The minimum atomic E-state index is -5.08. The monoisotopic (exact) mass is 526 g/mol. The van der Waals surface area contributed by atoms with Gasteiger partial charge in [-0.3, -0.25) is 9.69 Å². The fourth-order valence-electron chi connectivity index (χ4n) is 2.97. The highest BCUT2D eigenvalue weighted by Gasteiger charge is 2.38. The van der Waals surface area contributed by atoms with Gasteiger partial charge >= 0.3 is 24.2 Å². The van der Waals surface area contributed by atoms with Crippen LogP contribution >= 0.6 is 0 Å². The number of carbonyl (C=O) groups excluding carboxylic acids is 2. The molecule has 16 heteroatoms. The van der Waals surface area contributed by atoms with Gasteiger partial charge in [0, 0.05) is 17.3 Å². The van der Waals surface area contributed by atoms with Crippen molar-refractivity contribution in [2.24, 2.45) is 5.73 Å². The average molecular weight is 526 g/mol. The third kappa shape index (κ3) is 6.97. The number of carboxylic acid groups (broad SMARTS) is 1. The molecule has 1 saturated heterocycles. The standard InChI is InChI=1S/C19H17FN6O4.C2HF3O2/c20-16-7-13(25-10-14(30-19(25)28)11-29-18(27)8-21)2-3-15(16)12-1-4-17(22-9-12)26-23-5-6-24-26;3-2(4,5)1(6)7/h1-7,9,14H,8,10-11,21H2;(H,6,7)/t14-;/m1./s1. The Kier molecular flexibility index (Phi) is 8.33. The number of pyridine rings is 1. The molecule has 12 nitrogen and oxygen atoms in total. The molecule has 37 heavy (non-hydrogen) atoms. The predicted molar refractivity (Wildman–Crippen MR) is 116 cm³/mol. The number of cyclic esters (lactones) is 1. The second kappa shape index (κ2) is 11.4. The molecule has 1 atom stereocenters. The van der Waals surface area contributed by atoms with E-state index in [2.05, 4.69) is 15.2 Å². The summed E-state index contributed by atoms with van der Waals surface area (Å²) >= 11 is 0. The number of aromatic nitrogens is 4. The lowest BCUT2D eigenvalue weighted by molar-refractivity contribution is -0.192. The van der Waals surface area contributed by atoms with Gasteiger partial charge in [-0.15, -0.1) is 4.80 Å². The van der Waals surface area contributed by atoms with Crippen LogP contribution in [0.3, 0.4) is 0 Å². The van der Waals surface area contributed by atoms with E-state index in [0.29, 0.717) is 22.6 Å². The molecular formula is C21H18F4N6O6. The molecule has 1 amide bonds. The minimum Gasteiger partial charge on any atom is -0.475 e. The topological polar surface area (TPSA) is 163 Å². The number of alkyl halides is 3. The molecule has 4 rings (SSSR count). The number of nitrogens with zero attached hydrogens (tertiary/aromatic N) is 5. The van der Waals surface area contributed by atoms with Crippen LogP contribution in [-0.2, 0) is 19.1 Å². The largest absolute Gasteiger partial charge is 0.490 e. The van der Waals surface area contributed by atoms with Crippen molar-refractivity contribution >= 4 is 23.7 Å². The molecule has 1 aliphatic rings. The van der Waals surface area contributed by atoms with E-state index in [9.17, 15) is 27.2 Å².